The third-order valence-electron chi connectivity index (χ3n) is 4.49. The highest BCUT2D eigenvalue weighted by Gasteiger charge is 2.27. The highest BCUT2D eigenvalue weighted by molar-refractivity contribution is 7.98. The van der Waals surface area contributed by atoms with Crippen LogP contribution in [-0.2, 0) is 10.6 Å². The molecule has 22 heavy (non-hydrogen) atoms. The van der Waals surface area contributed by atoms with Gasteiger partial charge in [-0.25, -0.2) is 0 Å². The molecule has 2 aliphatic heterocycles. The normalized spacial score (nSPS) is 21.7. The maximum absolute atomic E-state index is 6.49. The topological polar surface area (TPSA) is 12.5 Å². The molecular weight excluding hydrogens is 290 g/mol. The third-order valence-corrected chi connectivity index (χ3v) is 5.63. The van der Waals surface area contributed by atoms with Crippen LogP contribution in [0.4, 0.5) is 0 Å². The van der Waals surface area contributed by atoms with Gasteiger partial charge in [0, 0.05) is 29.3 Å². The van der Waals surface area contributed by atoms with E-state index in [2.05, 4.69) is 53.6 Å². The molecule has 0 radical (unpaired) electrons. The second kappa shape index (κ2) is 6.45. The van der Waals surface area contributed by atoms with Crippen LogP contribution in [0.15, 0.2) is 53.4 Å². The van der Waals surface area contributed by atoms with Crippen LogP contribution in [0.25, 0.3) is 0 Å². The second-order valence-corrected chi connectivity index (χ2v) is 7.02. The molecule has 2 nitrogen and oxygen atoms in total. The Hall–Kier alpha value is -1.29. The molecule has 0 aliphatic carbocycles. The van der Waals surface area contributed by atoms with E-state index in [0.717, 1.165) is 18.8 Å². The van der Waals surface area contributed by atoms with E-state index in [1.165, 1.54) is 40.8 Å². The van der Waals surface area contributed by atoms with Crippen molar-refractivity contribution in [3.63, 3.8) is 0 Å². The first-order chi connectivity index (χ1) is 10.9. The summed E-state index contributed by atoms with van der Waals surface area (Å²) in [6.45, 7) is 2.10. The molecule has 1 fully saturated rings. The van der Waals surface area contributed by atoms with Crippen molar-refractivity contribution in [1.29, 1.82) is 0 Å². The highest BCUT2D eigenvalue weighted by atomic mass is 32.2. The van der Waals surface area contributed by atoms with Crippen molar-refractivity contribution in [3.05, 3.63) is 65.2 Å². The molecule has 1 unspecified atom stereocenters. The van der Waals surface area contributed by atoms with Crippen LogP contribution in [0.1, 0.15) is 42.1 Å². The lowest BCUT2D eigenvalue weighted by Gasteiger charge is -2.31. The molecule has 0 spiro atoms. The Morgan fingerprint density at radius 2 is 1.59 bits per heavy atom. The van der Waals surface area contributed by atoms with Crippen LogP contribution in [0.2, 0.25) is 0 Å². The Balaban J connectivity index is 1.73. The molecule has 114 valence electrons. The lowest BCUT2D eigenvalue weighted by Crippen LogP contribution is -2.32. The second-order valence-electron chi connectivity index (χ2n) is 6.00. The number of hydroxylamine groups is 2. The number of hydrogen-bond donors (Lipinski definition) is 0. The number of benzene rings is 2. The van der Waals surface area contributed by atoms with Gasteiger partial charge in [-0.2, -0.15) is 5.06 Å². The Morgan fingerprint density at radius 3 is 2.45 bits per heavy atom. The maximum atomic E-state index is 6.49. The fraction of sp³-hybridized carbons (Fsp3) is 0.368. The first kappa shape index (κ1) is 14.3. The van der Waals surface area contributed by atoms with E-state index >= 15 is 0 Å². The average molecular weight is 311 g/mol. The summed E-state index contributed by atoms with van der Waals surface area (Å²) in [5, 5.41) is 2.18. The van der Waals surface area contributed by atoms with E-state index in [-0.39, 0.29) is 6.10 Å². The Bertz CT molecular complexity index is 604. The lowest BCUT2D eigenvalue weighted by atomic mass is 9.97. The molecule has 2 heterocycles. The summed E-state index contributed by atoms with van der Waals surface area (Å²) in [5.41, 5.74) is 4.03. The van der Waals surface area contributed by atoms with Crippen molar-refractivity contribution < 1.29 is 4.84 Å². The molecule has 4 rings (SSSR count). The van der Waals surface area contributed by atoms with Gasteiger partial charge in [-0.05, 0) is 30.0 Å². The standard InChI is InChI=1S/C19H21NOS/c1-6-12-20(13-7-1)21-19-16-9-3-2-8-15(16)14-22-18-11-5-4-10-17(18)19/h2-5,8-11,19H,1,6-7,12-14H2. The van der Waals surface area contributed by atoms with Gasteiger partial charge in [0.1, 0.15) is 6.10 Å². The van der Waals surface area contributed by atoms with Crippen LogP contribution in [0.3, 0.4) is 0 Å². The van der Waals surface area contributed by atoms with Crippen molar-refractivity contribution in [2.75, 3.05) is 13.1 Å². The summed E-state index contributed by atoms with van der Waals surface area (Å²) in [5.74, 6) is 1.02. The summed E-state index contributed by atoms with van der Waals surface area (Å²) in [7, 11) is 0. The molecule has 2 aromatic carbocycles. The van der Waals surface area contributed by atoms with E-state index < -0.39 is 0 Å². The zero-order chi connectivity index (χ0) is 14.8. The summed E-state index contributed by atoms with van der Waals surface area (Å²) < 4.78 is 0. The number of hydrogen-bond acceptors (Lipinski definition) is 3. The molecular formula is C19H21NOS. The smallest absolute Gasteiger partial charge is 0.131 e. The Kier molecular flexibility index (Phi) is 4.20. The van der Waals surface area contributed by atoms with Crippen molar-refractivity contribution in [2.45, 2.75) is 36.0 Å². The van der Waals surface area contributed by atoms with E-state index in [9.17, 15) is 0 Å². The zero-order valence-corrected chi connectivity index (χ0v) is 13.5. The van der Waals surface area contributed by atoms with Crippen LogP contribution in [-0.4, -0.2) is 18.2 Å². The third kappa shape index (κ3) is 2.81. The summed E-state index contributed by atoms with van der Waals surface area (Å²) in [6.07, 6.45) is 3.84. The number of thioether (sulfide) groups is 1. The molecule has 1 saturated heterocycles. The number of piperidine rings is 1. The van der Waals surface area contributed by atoms with E-state index in [1.54, 1.807) is 0 Å². The van der Waals surface area contributed by atoms with Gasteiger partial charge in [0.25, 0.3) is 0 Å². The fourth-order valence-electron chi connectivity index (χ4n) is 3.31. The predicted octanol–water partition coefficient (Wildman–Crippen LogP) is 4.80. The molecule has 0 amide bonds. The monoisotopic (exact) mass is 311 g/mol. The largest absolute Gasteiger partial charge is 0.286 e. The van der Waals surface area contributed by atoms with Gasteiger partial charge in [-0.3, -0.25) is 4.84 Å². The Morgan fingerprint density at radius 1 is 0.864 bits per heavy atom. The Labute approximate surface area is 136 Å². The number of nitrogens with zero attached hydrogens (tertiary/aromatic N) is 1. The van der Waals surface area contributed by atoms with Crippen molar-refractivity contribution in [1.82, 2.24) is 5.06 Å². The molecule has 2 aromatic rings. The van der Waals surface area contributed by atoms with Gasteiger partial charge in [-0.15, -0.1) is 11.8 Å². The summed E-state index contributed by atoms with van der Waals surface area (Å²) >= 11 is 1.92. The number of rotatable bonds is 2. The van der Waals surface area contributed by atoms with Crippen LogP contribution in [0.5, 0.6) is 0 Å². The van der Waals surface area contributed by atoms with Gasteiger partial charge in [0.15, 0.2) is 0 Å². The maximum Gasteiger partial charge on any atom is 0.131 e. The minimum absolute atomic E-state index is 0.0282. The summed E-state index contributed by atoms with van der Waals surface area (Å²) in [4.78, 5) is 7.83. The van der Waals surface area contributed by atoms with E-state index in [1.807, 2.05) is 11.8 Å². The molecule has 2 aliphatic rings. The molecule has 0 aromatic heterocycles. The fourth-order valence-corrected chi connectivity index (χ4v) is 4.40. The minimum atomic E-state index is 0.0282. The van der Waals surface area contributed by atoms with Gasteiger partial charge in [0.2, 0.25) is 0 Å². The minimum Gasteiger partial charge on any atom is -0.286 e. The first-order valence-corrected chi connectivity index (χ1v) is 9.11. The number of fused-ring (bicyclic) bond motifs is 2. The van der Waals surface area contributed by atoms with Crippen molar-refractivity contribution in [3.8, 4) is 0 Å². The van der Waals surface area contributed by atoms with Gasteiger partial charge in [-0.1, -0.05) is 48.9 Å². The zero-order valence-electron chi connectivity index (χ0n) is 12.7. The summed E-state index contributed by atoms with van der Waals surface area (Å²) in [6, 6.07) is 17.4. The molecule has 1 atom stereocenters. The van der Waals surface area contributed by atoms with E-state index in [0.29, 0.717) is 0 Å². The van der Waals surface area contributed by atoms with Crippen LogP contribution < -0.4 is 0 Å². The van der Waals surface area contributed by atoms with E-state index in [4.69, 9.17) is 4.84 Å². The molecule has 0 saturated carbocycles. The highest BCUT2D eigenvalue weighted by Crippen LogP contribution is 2.41. The molecule has 3 heteroatoms. The quantitative estimate of drug-likeness (QED) is 0.790. The van der Waals surface area contributed by atoms with Gasteiger partial charge < -0.3 is 0 Å². The predicted molar refractivity (Wildman–Crippen MR) is 90.8 cm³/mol. The first-order valence-electron chi connectivity index (χ1n) is 8.13. The average Bonchev–Trinajstić information content (AvgIpc) is 2.74. The van der Waals surface area contributed by atoms with Crippen LogP contribution >= 0.6 is 11.8 Å². The molecule has 0 bridgehead atoms. The van der Waals surface area contributed by atoms with Gasteiger partial charge >= 0.3 is 0 Å². The SMILES string of the molecule is c1ccc2c(c1)CSc1ccccc1C2ON1CCCCC1. The van der Waals surface area contributed by atoms with Crippen LogP contribution in [0, 0.1) is 0 Å². The van der Waals surface area contributed by atoms with Gasteiger partial charge in [0.05, 0.1) is 0 Å². The van der Waals surface area contributed by atoms with Crippen molar-refractivity contribution >= 4 is 11.8 Å². The molecule has 0 N–H and O–H groups in total. The van der Waals surface area contributed by atoms with Crippen molar-refractivity contribution in [2.24, 2.45) is 0 Å². The lowest BCUT2D eigenvalue weighted by molar-refractivity contribution is -0.197.